The standard InChI is InChI=1S/C28H29BrN2O3/c29-23-13-14-26(34-18-15-21-9-4-3-5-10-21)25(20-23)27(32)30-24-12-8-11-22(19-24)28(33)31-16-6-1-2-7-17-31/h3-5,8-14,19-20H,1-2,6-7,15-18H2,(H,30,32). The minimum atomic E-state index is -0.282. The molecule has 176 valence electrons. The van der Waals surface area contributed by atoms with Crippen LogP contribution in [0.25, 0.3) is 0 Å². The van der Waals surface area contributed by atoms with Crippen LogP contribution >= 0.6 is 15.9 Å². The zero-order valence-corrected chi connectivity index (χ0v) is 20.7. The molecule has 34 heavy (non-hydrogen) atoms. The van der Waals surface area contributed by atoms with E-state index in [4.69, 9.17) is 4.74 Å². The fourth-order valence-electron chi connectivity index (χ4n) is 4.11. The van der Waals surface area contributed by atoms with E-state index < -0.39 is 0 Å². The maximum Gasteiger partial charge on any atom is 0.259 e. The Labute approximate surface area is 209 Å². The first-order chi connectivity index (χ1) is 16.6. The fourth-order valence-corrected chi connectivity index (χ4v) is 4.47. The highest BCUT2D eigenvalue weighted by Crippen LogP contribution is 2.25. The van der Waals surface area contributed by atoms with Gasteiger partial charge in [-0.05, 0) is 54.8 Å². The molecule has 0 atom stereocenters. The van der Waals surface area contributed by atoms with E-state index in [0.29, 0.717) is 29.2 Å². The third-order valence-electron chi connectivity index (χ3n) is 5.94. The molecule has 0 spiro atoms. The van der Waals surface area contributed by atoms with Gasteiger partial charge in [0.25, 0.3) is 11.8 Å². The number of halogens is 1. The lowest BCUT2D eigenvalue weighted by Crippen LogP contribution is -2.31. The van der Waals surface area contributed by atoms with Gasteiger partial charge in [-0.15, -0.1) is 0 Å². The highest BCUT2D eigenvalue weighted by Gasteiger charge is 2.19. The summed E-state index contributed by atoms with van der Waals surface area (Å²) in [6, 6.07) is 22.6. The number of amides is 2. The molecule has 1 heterocycles. The van der Waals surface area contributed by atoms with Crippen LogP contribution in [0.5, 0.6) is 5.75 Å². The molecule has 3 aromatic carbocycles. The Morgan fingerprint density at radius 1 is 0.882 bits per heavy atom. The van der Waals surface area contributed by atoms with Gasteiger partial charge in [-0.25, -0.2) is 0 Å². The number of carbonyl (C=O) groups is 2. The van der Waals surface area contributed by atoms with Gasteiger partial charge in [-0.3, -0.25) is 9.59 Å². The van der Waals surface area contributed by atoms with Crippen LogP contribution in [-0.4, -0.2) is 36.4 Å². The van der Waals surface area contributed by atoms with Gasteiger partial charge in [0.2, 0.25) is 0 Å². The summed E-state index contributed by atoms with van der Waals surface area (Å²) in [4.78, 5) is 28.0. The van der Waals surface area contributed by atoms with E-state index in [0.717, 1.165) is 36.8 Å². The molecule has 2 amide bonds. The van der Waals surface area contributed by atoms with E-state index in [9.17, 15) is 9.59 Å². The lowest BCUT2D eigenvalue weighted by molar-refractivity contribution is 0.0761. The van der Waals surface area contributed by atoms with E-state index in [1.165, 1.54) is 18.4 Å². The Bertz CT molecular complexity index is 1130. The molecule has 3 aromatic rings. The van der Waals surface area contributed by atoms with Crippen molar-refractivity contribution in [1.29, 1.82) is 0 Å². The maximum atomic E-state index is 13.1. The van der Waals surface area contributed by atoms with Crippen molar-refractivity contribution < 1.29 is 14.3 Å². The van der Waals surface area contributed by atoms with Crippen molar-refractivity contribution in [3.8, 4) is 5.75 Å². The van der Waals surface area contributed by atoms with Crippen molar-refractivity contribution >= 4 is 33.4 Å². The summed E-state index contributed by atoms with van der Waals surface area (Å²) in [5.41, 5.74) is 2.79. The number of nitrogens with zero attached hydrogens (tertiary/aromatic N) is 1. The molecule has 1 saturated heterocycles. The molecule has 1 aliphatic rings. The molecule has 0 radical (unpaired) electrons. The minimum absolute atomic E-state index is 0.0189. The van der Waals surface area contributed by atoms with Crippen LogP contribution < -0.4 is 10.1 Å². The van der Waals surface area contributed by atoms with Gasteiger partial charge in [0.15, 0.2) is 0 Å². The zero-order valence-electron chi connectivity index (χ0n) is 19.1. The maximum absolute atomic E-state index is 13.1. The third kappa shape index (κ3) is 6.48. The number of hydrogen-bond acceptors (Lipinski definition) is 3. The number of hydrogen-bond donors (Lipinski definition) is 1. The molecule has 0 aromatic heterocycles. The predicted molar refractivity (Wildman–Crippen MR) is 139 cm³/mol. The molecule has 4 rings (SSSR count). The largest absolute Gasteiger partial charge is 0.492 e. The summed E-state index contributed by atoms with van der Waals surface area (Å²) >= 11 is 3.45. The van der Waals surface area contributed by atoms with Crippen LogP contribution in [0.15, 0.2) is 77.3 Å². The zero-order chi connectivity index (χ0) is 23.8. The summed E-state index contributed by atoms with van der Waals surface area (Å²) in [5.74, 6) is 0.259. The molecule has 0 unspecified atom stereocenters. The average Bonchev–Trinajstić information content (AvgIpc) is 3.15. The first-order valence-corrected chi connectivity index (χ1v) is 12.6. The van der Waals surface area contributed by atoms with Crippen molar-refractivity contribution in [2.24, 2.45) is 0 Å². The quantitative estimate of drug-likeness (QED) is 0.395. The summed E-state index contributed by atoms with van der Waals surface area (Å²) in [7, 11) is 0. The van der Waals surface area contributed by atoms with Crippen molar-refractivity contribution in [2.45, 2.75) is 32.1 Å². The monoisotopic (exact) mass is 520 g/mol. The second-order valence-electron chi connectivity index (χ2n) is 8.47. The Hall–Kier alpha value is -3.12. The number of nitrogens with one attached hydrogen (secondary N) is 1. The second-order valence-corrected chi connectivity index (χ2v) is 9.38. The number of ether oxygens (including phenoxy) is 1. The average molecular weight is 521 g/mol. The van der Waals surface area contributed by atoms with Crippen LogP contribution in [0.2, 0.25) is 0 Å². The van der Waals surface area contributed by atoms with Gasteiger partial charge in [0, 0.05) is 35.2 Å². The number of rotatable bonds is 7. The number of benzene rings is 3. The Kier molecular flexibility index (Phi) is 8.36. The molecule has 1 fully saturated rings. The smallest absolute Gasteiger partial charge is 0.259 e. The second kappa shape index (κ2) is 11.8. The van der Waals surface area contributed by atoms with Crippen LogP contribution in [0.4, 0.5) is 5.69 Å². The molecule has 0 bridgehead atoms. The molecule has 0 aliphatic carbocycles. The van der Waals surface area contributed by atoms with E-state index >= 15 is 0 Å². The van der Waals surface area contributed by atoms with Crippen molar-refractivity contribution in [3.63, 3.8) is 0 Å². The third-order valence-corrected chi connectivity index (χ3v) is 6.43. The molecule has 1 N–H and O–H groups in total. The first kappa shape index (κ1) is 24.0. The lowest BCUT2D eigenvalue weighted by Gasteiger charge is -2.20. The summed E-state index contributed by atoms with van der Waals surface area (Å²) < 4.78 is 6.76. The van der Waals surface area contributed by atoms with Crippen LogP contribution in [-0.2, 0) is 6.42 Å². The van der Waals surface area contributed by atoms with Crippen molar-refractivity contribution in [2.75, 3.05) is 25.0 Å². The van der Waals surface area contributed by atoms with E-state index in [1.54, 1.807) is 36.4 Å². The molecule has 6 heteroatoms. The highest BCUT2D eigenvalue weighted by molar-refractivity contribution is 9.10. The van der Waals surface area contributed by atoms with Gasteiger partial charge >= 0.3 is 0 Å². The normalized spacial score (nSPS) is 13.7. The number of carbonyl (C=O) groups excluding carboxylic acids is 2. The molecular weight excluding hydrogens is 492 g/mol. The van der Waals surface area contributed by atoms with E-state index in [1.807, 2.05) is 29.2 Å². The van der Waals surface area contributed by atoms with Crippen LogP contribution in [0.1, 0.15) is 52.0 Å². The summed E-state index contributed by atoms with van der Waals surface area (Å²) in [6.45, 7) is 2.04. The topological polar surface area (TPSA) is 58.6 Å². The van der Waals surface area contributed by atoms with Crippen molar-refractivity contribution in [3.05, 3.63) is 94.0 Å². The van der Waals surface area contributed by atoms with Gasteiger partial charge in [0.1, 0.15) is 5.75 Å². The molecule has 1 aliphatic heterocycles. The SMILES string of the molecule is O=C(Nc1cccc(C(=O)N2CCCCCC2)c1)c1cc(Br)ccc1OCCc1ccccc1. The van der Waals surface area contributed by atoms with Crippen LogP contribution in [0, 0.1) is 0 Å². The summed E-state index contributed by atoms with van der Waals surface area (Å²) in [5, 5.41) is 2.93. The lowest BCUT2D eigenvalue weighted by atomic mass is 10.1. The first-order valence-electron chi connectivity index (χ1n) is 11.8. The van der Waals surface area contributed by atoms with Gasteiger partial charge < -0.3 is 15.0 Å². The highest BCUT2D eigenvalue weighted by atomic mass is 79.9. The van der Waals surface area contributed by atoms with Gasteiger partial charge in [-0.1, -0.05) is 65.2 Å². The minimum Gasteiger partial charge on any atom is -0.492 e. The van der Waals surface area contributed by atoms with E-state index in [2.05, 4.69) is 33.4 Å². The Morgan fingerprint density at radius 3 is 2.41 bits per heavy atom. The molecule has 5 nitrogen and oxygen atoms in total. The van der Waals surface area contributed by atoms with Gasteiger partial charge in [0.05, 0.1) is 12.2 Å². The van der Waals surface area contributed by atoms with Crippen LogP contribution in [0.3, 0.4) is 0 Å². The predicted octanol–water partition coefficient (Wildman–Crippen LogP) is 6.34. The fraction of sp³-hybridized carbons (Fsp3) is 0.286. The molecular formula is C28H29BrN2O3. The van der Waals surface area contributed by atoms with Crippen molar-refractivity contribution in [1.82, 2.24) is 4.90 Å². The molecule has 0 saturated carbocycles. The Balaban J connectivity index is 1.44. The number of anilines is 1. The Morgan fingerprint density at radius 2 is 1.65 bits per heavy atom. The van der Waals surface area contributed by atoms with E-state index in [-0.39, 0.29) is 11.8 Å². The number of likely N-dealkylation sites (tertiary alicyclic amines) is 1. The van der Waals surface area contributed by atoms with Gasteiger partial charge in [-0.2, -0.15) is 0 Å². The summed E-state index contributed by atoms with van der Waals surface area (Å²) in [6.07, 6.45) is 5.17.